The lowest BCUT2D eigenvalue weighted by atomic mass is 9.49. The van der Waals surface area contributed by atoms with E-state index in [0.717, 1.165) is 30.0 Å². The Morgan fingerprint density at radius 3 is 2.43 bits per heavy atom. The highest BCUT2D eigenvalue weighted by Crippen LogP contribution is 2.59. The second-order valence-electron chi connectivity index (χ2n) is 7.96. The van der Waals surface area contributed by atoms with Crippen LogP contribution in [0.1, 0.15) is 38.5 Å². The van der Waals surface area contributed by atoms with E-state index in [1.807, 2.05) is 24.5 Å². The minimum atomic E-state index is -0.0565. The number of urea groups is 1. The molecule has 0 aromatic heterocycles. The number of hydrogen-bond acceptors (Lipinski definition) is 2. The molecule has 1 aromatic carbocycles. The summed E-state index contributed by atoms with van der Waals surface area (Å²) in [4.78, 5) is 13.4. The van der Waals surface area contributed by atoms with Crippen molar-refractivity contribution in [3.8, 4) is 0 Å². The van der Waals surface area contributed by atoms with Crippen LogP contribution in [0.5, 0.6) is 0 Å². The summed E-state index contributed by atoms with van der Waals surface area (Å²) in [6.45, 7) is 0.852. The molecular formula is C19H26N2OS. The monoisotopic (exact) mass is 330 g/mol. The first-order valence-corrected chi connectivity index (χ1v) is 10.1. The van der Waals surface area contributed by atoms with Crippen molar-refractivity contribution in [3.63, 3.8) is 0 Å². The smallest absolute Gasteiger partial charge is 0.319 e. The van der Waals surface area contributed by atoms with Gasteiger partial charge in [0.25, 0.3) is 0 Å². The third kappa shape index (κ3) is 3.23. The van der Waals surface area contributed by atoms with Gasteiger partial charge in [0, 0.05) is 17.1 Å². The predicted octanol–water partition coefficient (Wildman–Crippen LogP) is 4.75. The summed E-state index contributed by atoms with van der Waals surface area (Å²) in [6.07, 6.45) is 10.4. The number of carbonyl (C=O) groups is 1. The maximum absolute atomic E-state index is 12.3. The Morgan fingerprint density at radius 1 is 1.17 bits per heavy atom. The van der Waals surface area contributed by atoms with E-state index in [9.17, 15) is 4.79 Å². The van der Waals surface area contributed by atoms with Crippen LogP contribution in [-0.4, -0.2) is 18.8 Å². The van der Waals surface area contributed by atoms with Crippen LogP contribution in [0, 0.1) is 23.2 Å². The summed E-state index contributed by atoms with van der Waals surface area (Å²) in [6, 6.07) is 7.96. The quantitative estimate of drug-likeness (QED) is 0.782. The maximum atomic E-state index is 12.3. The fraction of sp³-hybridized carbons (Fsp3) is 0.632. The normalized spacial score (nSPS) is 34.4. The molecule has 124 valence electrons. The van der Waals surface area contributed by atoms with Crippen LogP contribution in [0.15, 0.2) is 29.2 Å². The summed E-state index contributed by atoms with van der Waals surface area (Å²) in [5.41, 5.74) is 1.27. The first-order valence-electron chi connectivity index (χ1n) is 8.83. The van der Waals surface area contributed by atoms with Gasteiger partial charge in [-0.25, -0.2) is 4.79 Å². The third-order valence-corrected chi connectivity index (χ3v) is 6.84. The molecule has 23 heavy (non-hydrogen) atoms. The Morgan fingerprint density at radius 2 is 1.83 bits per heavy atom. The zero-order chi connectivity index (χ0) is 15.9. The van der Waals surface area contributed by atoms with Gasteiger partial charge in [-0.3, -0.25) is 0 Å². The zero-order valence-electron chi connectivity index (χ0n) is 13.8. The molecule has 4 fully saturated rings. The van der Waals surface area contributed by atoms with Crippen molar-refractivity contribution in [2.75, 3.05) is 18.1 Å². The molecule has 0 spiro atoms. The van der Waals surface area contributed by atoms with E-state index in [1.165, 1.54) is 43.4 Å². The Labute approximate surface area is 143 Å². The molecule has 1 aromatic rings. The largest absolute Gasteiger partial charge is 0.337 e. The predicted molar refractivity (Wildman–Crippen MR) is 95.8 cm³/mol. The number of rotatable bonds is 4. The summed E-state index contributed by atoms with van der Waals surface area (Å²) in [5, 5.41) is 6.15. The number of anilines is 1. The molecule has 4 bridgehead atoms. The van der Waals surface area contributed by atoms with Crippen LogP contribution in [-0.2, 0) is 0 Å². The van der Waals surface area contributed by atoms with Crippen molar-refractivity contribution >= 4 is 23.5 Å². The van der Waals surface area contributed by atoms with E-state index >= 15 is 0 Å². The van der Waals surface area contributed by atoms with Crippen molar-refractivity contribution in [3.05, 3.63) is 24.3 Å². The molecule has 5 rings (SSSR count). The molecule has 4 heteroatoms. The van der Waals surface area contributed by atoms with Gasteiger partial charge in [-0.05, 0) is 86.1 Å². The van der Waals surface area contributed by atoms with E-state index in [4.69, 9.17) is 0 Å². The lowest BCUT2D eigenvalue weighted by molar-refractivity contribution is -0.0496. The summed E-state index contributed by atoms with van der Waals surface area (Å²) in [7, 11) is 0. The van der Waals surface area contributed by atoms with Crippen molar-refractivity contribution in [1.29, 1.82) is 0 Å². The lowest BCUT2D eigenvalue weighted by Gasteiger charge is -2.56. The number of benzene rings is 1. The topological polar surface area (TPSA) is 41.1 Å². The molecule has 3 nitrogen and oxygen atoms in total. The minimum Gasteiger partial charge on any atom is -0.337 e. The fourth-order valence-corrected chi connectivity index (χ4v) is 6.11. The lowest BCUT2D eigenvalue weighted by Crippen LogP contribution is -2.51. The molecule has 0 saturated heterocycles. The van der Waals surface area contributed by atoms with E-state index in [-0.39, 0.29) is 6.03 Å². The highest BCUT2D eigenvalue weighted by molar-refractivity contribution is 7.98. The van der Waals surface area contributed by atoms with Crippen LogP contribution < -0.4 is 10.6 Å². The van der Waals surface area contributed by atoms with Gasteiger partial charge in [0.15, 0.2) is 0 Å². The van der Waals surface area contributed by atoms with Gasteiger partial charge in [-0.2, -0.15) is 0 Å². The van der Waals surface area contributed by atoms with Crippen molar-refractivity contribution in [2.45, 2.75) is 43.4 Å². The van der Waals surface area contributed by atoms with Crippen molar-refractivity contribution < 1.29 is 4.79 Å². The number of hydrogen-bond donors (Lipinski definition) is 2. The average molecular weight is 330 g/mol. The van der Waals surface area contributed by atoms with Crippen LogP contribution in [0.3, 0.4) is 0 Å². The Balaban J connectivity index is 1.34. The Bertz CT molecular complexity index is 566. The van der Waals surface area contributed by atoms with Crippen molar-refractivity contribution in [2.24, 2.45) is 23.2 Å². The van der Waals surface area contributed by atoms with Gasteiger partial charge in [0.1, 0.15) is 0 Å². The standard InChI is InChI=1S/C19H26N2OS/c1-23-17-4-2-3-16(8-17)21-18(22)20-12-19-9-13-5-14(10-19)7-15(6-13)11-19/h2-4,8,13-15H,5-7,9-12H2,1H3,(H2,20,21,22). The third-order valence-electron chi connectivity index (χ3n) is 6.12. The number of amides is 2. The number of thioether (sulfide) groups is 1. The fourth-order valence-electron chi connectivity index (χ4n) is 5.65. The van der Waals surface area contributed by atoms with Gasteiger partial charge in [0.2, 0.25) is 0 Å². The van der Waals surface area contributed by atoms with Crippen molar-refractivity contribution in [1.82, 2.24) is 5.32 Å². The Kier molecular flexibility index (Phi) is 4.04. The number of nitrogens with one attached hydrogen (secondary N) is 2. The minimum absolute atomic E-state index is 0.0565. The zero-order valence-corrected chi connectivity index (χ0v) is 14.6. The first kappa shape index (κ1) is 15.4. The van der Waals surface area contributed by atoms with Crippen LogP contribution >= 0.6 is 11.8 Å². The summed E-state index contributed by atoms with van der Waals surface area (Å²) >= 11 is 1.69. The van der Waals surface area contributed by atoms with Gasteiger partial charge >= 0.3 is 6.03 Å². The van der Waals surface area contributed by atoms with E-state index in [1.54, 1.807) is 11.8 Å². The Hall–Kier alpha value is -1.16. The van der Waals surface area contributed by atoms with Crippen LogP contribution in [0.2, 0.25) is 0 Å². The first-order chi connectivity index (χ1) is 11.1. The number of carbonyl (C=O) groups excluding carboxylic acids is 1. The van der Waals surface area contributed by atoms with Gasteiger partial charge in [-0.15, -0.1) is 11.8 Å². The molecule has 4 aliphatic rings. The van der Waals surface area contributed by atoms with Gasteiger partial charge in [-0.1, -0.05) is 6.07 Å². The highest BCUT2D eigenvalue weighted by atomic mass is 32.2. The summed E-state index contributed by atoms with van der Waals surface area (Å²) < 4.78 is 0. The molecule has 0 aliphatic heterocycles. The van der Waals surface area contributed by atoms with Gasteiger partial charge in [0.05, 0.1) is 0 Å². The average Bonchev–Trinajstić information content (AvgIpc) is 2.52. The molecule has 4 saturated carbocycles. The SMILES string of the molecule is CSc1cccc(NC(=O)NCC23CC4CC(CC(C4)C2)C3)c1. The van der Waals surface area contributed by atoms with Crippen LogP contribution in [0.4, 0.5) is 10.5 Å². The van der Waals surface area contributed by atoms with E-state index in [2.05, 4.69) is 16.7 Å². The second kappa shape index (κ2) is 6.04. The molecular weight excluding hydrogens is 304 g/mol. The molecule has 0 radical (unpaired) electrons. The molecule has 0 atom stereocenters. The maximum Gasteiger partial charge on any atom is 0.319 e. The summed E-state index contributed by atoms with van der Waals surface area (Å²) in [5.74, 6) is 2.80. The molecule has 2 N–H and O–H groups in total. The van der Waals surface area contributed by atoms with E-state index < -0.39 is 0 Å². The van der Waals surface area contributed by atoms with Gasteiger partial charge < -0.3 is 10.6 Å². The second-order valence-corrected chi connectivity index (χ2v) is 8.84. The highest BCUT2D eigenvalue weighted by Gasteiger charge is 2.50. The van der Waals surface area contributed by atoms with E-state index in [0.29, 0.717) is 5.41 Å². The molecule has 2 amide bonds. The molecule has 4 aliphatic carbocycles. The molecule has 0 unspecified atom stereocenters. The molecule has 0 heterocycles. The van der Waals surface area contributed by atoms with Crippen LogP contribution in [0.25, 0.3) is 0 Å².